The van der Waals surface area contributed by atoms with Gasteiger partial charge in [0, 0.05) is 11.8 Å². The number of hydrogen-bond acceptors (Lipinski definition) is 6. The number of aromatic nitrogens is 2. The number of aromatic amines is 1. The Hall–Kier alpha value is -1.67. The van der Waals surface area contributed by atoms with Gasteiger partial charge in [0.05, 0.1) is 12.5 Å². The molecule has 140 valence electrons. The average Bonchev–Trinajstić information content (AvgIpc) is 2.75. The van der Waals surface area contributed by atoms with Crippen molar-refractivity contribution in [1.29, 1.82) is 0 Å². The summed E-state index contributed by atoms with van der Waals surface area (Å²) in [5, 5.41) is 20.5. The number of ether oxygens (including phenoxy) is 1. The molecule has 5 N–H and O–H groups in total. The van der Waals surface area contributed by atoms with Crippen LogP contribution in [0.2, 0.25) is 0 Å². The second-order valence-electron chi connectivity index (χ2n) is 6.96. The minimum atomic E-state index is -1.35. The number of carbonyl (C=O) groups excluding carboxylic acids is 1. The summed E-state index contributed by atoms with van der Waals surface area (Å²) in [7, 11) is 0. The lowest BCUT2D eigenvalue weighted by molar-refractivity contribution is -0.117. The maximum Gasteiger partial charge on any atom is 0.330 e. The number of nitrogens with one attached hydrogen (secondary N) is 1. The molecule has 2 rings (SSSR count). The van der Waals surface area contributed by atoms with Gasteiger partial charge < -0.3 is 20.7 Å². The third-order valence-electron chi connectivity index (χ3n) is 4.04. The Morgan fingerprint density at radius 3 is 2.60 bits per heavy atom. The van der Waals surface area contributed by atoms with Gasteiger partial charge in [0.2, 0.25) is 5.91 Å². The molecule has 0 aliphatic carbocycles. The molecule has 0 radical (unpaired) electrons. The number of rotatable bonds is 6. The maximum atomic E-state index is 12.1. The zero-order valence-electron chi connectivity index (χ0n) is 14.2. The smallest absolute Gasteiger partial charge is 0.330 e. The van der Waals surface area contributed by atoms with E-state index in [1.54, 1.807) is 0 Å². The summed E-state index contributed by atoms with van der Waals surface area (Å²) in [6.07, 6.45) is 1.77. The van der Waals surface area contributed by atoms with Crippen LogP contribution in [-0.2, 0) is 16.0 Å². The van der Waals surface area contributed by atoms with Crippen LogP contribution in [0.3, 0.4) is 0 Å². The van der Waals surface area contributed by atoms with Gasteiger partial charge in [-0.2, -0.15) is 0 Å². The van der Waals surface area contributed by atoms with Crippen molar-refractivity contribution in [2.24, 2.45) is 5.73 Å². The first-order chi connectivity index (χ1) is 11.5. The van der Waals surface area contributed by atoms with E-state index in [0.29, 0.717) is 6.42 Å². The highest BCUT2D eigenvalue weighted by Crippen LogP contribution is 2.39. The SMILES string of the molecule is C=P(C)(C)CC[C@H]1OC(n2cc(CC(N)=O)c(=O)[nH]c2=O)[C@H](O)[C@@H]1O. The summed E-state index contributed by atoms with van der Waals surface area (Å²) in [4.78, 5) is 36.9. The molecule has 1 amide bonds. The molecule has 1 aromatic rings. The number of aliphatic hydroxyl groups excluding tert-OH is 2. The minimum Gasteiger partial charge on any atom is -0.388 e. The summed E-state index contributed by atoms with van der Waals surface area (Å²) in [5.41, 5.74) is 3.53. The Morgan fingerprint density at radius 2 is 2.04 bits per heavy atom. The van der Waals surface area contributed by atoms with Crippen molar-refractivity contribution < 1.29 is 19.7 Å². The van der Waals surface area contributed by atoms with Gasteiger partial charge >= 0.3 is 5.69 Å². The van der Waals surface area contributed by atoms with Gasteiger partial charge in [-0.1, -0.05) is 0 Å². The number of H-pyrrole nitrogens is 1. The van der Waals surface area contributed by atoms with E-state index in [2.05, 4.69) is 11.3 Å². The predicted molar refractivity (Wildman–Crippen MR) is 95.5 cm³/mol. The normalized spacial score (nSPS) is 26.7. The summed E-state index contributed by atoms with van der Waals surface area (Å²) in [6.45, 7) is 2.76. The van der Waals surface area contributed by atoms with E-state index >= 15 is 0 Å². The van der Waals surface area contributed by atoms with Crippen molar-refractivity contribution in [2.75, 3.05) is 19.5 Å². The van der Waals surface area contributed by atoms with E-state index < -0.39 is 48.6 Å². The van der Waals surface area contributed by atoms with Crippen LogP contribution in [0.15, 0.2) is 15.8 Å². The molecule has 0 spiro atoms. The molecule has 9 nitrogen and oxygen atoms in total. The number of aliphatic hydroxyl groups is 2. The second kappa shape index (κ2) is 7.29. The van der Waals surface area contributed by atoms with Gasteiger partial charge in [-0.25, -0.2) is 4.79 Å². The maximum absolute atomic E-state index is 12.1. The van der Waals surface area contributed by atoms with E-state index in [-0.39, 0.29) is 12.0 Å². The Morgan fingerprint density at radius 1 is 1.40 bits per heavy atom. The Bertz CT molecular complexity index is 810. The summed E-state index contributed by atoms with van der Waals surface area (Å²) in [5.74, 6) is -0.733. The quantitative estimate of drug-likeness (QED) is 0.436. The molecular weight excluding hydrogens is 349 g/mol. The number of hydrogen-bond donors (Lipinski definition) is 4. The van der Waals surface area contributed by atoms with E-state index in [1.807, 2.05) is 13.3 Å². The zero-order chi connectivity index (χ0) is 18.9. The molecule has 1 fully saturated rings. The van der Waals surface area contributed by atoms with Crippen LogP contribution in [0.1, 0.15) is 18.2 Å². The van der Waals surface area contributed by atoms with Crippen LogP contribution in [0, 0.1) is 0 Å². The van der Waals surface area contributed by atoms with E-state index in [1.165, 1.54) is 0 Å². The van der Waals surface area contributed by atoms with Crippen molar-refractivity contribution in [3.8, 4) is 0 Å². The summed E-state index contributed by atoms with van der Waals surface area (Å²) >= 11 is 0. The topological polar surface area (TPSA) is 148 Å². The van der Waals surface area contributed by atoms with E-state index in [4.69, 9.17) is 10.5 Å². The minimum absolute atomic E-state index is 0.0225. The van der Waals surface area contributed by atoms with Crippen LogP contribution in [0.5, 0.6) is 0 Å². The fourth-order valence-corrected chi connectivity index (χ4v) is 3.66. The Labute approximate surface area is 144 Å². The molecule has 0 aromatic carbocycles. The molecule has 1 unspecified atom stereocenters. The fourth-order valence-electron chi connectivity index (χ4n) is 2.70. The molecule has 10 heteroatoms. The largest absolute Gasteiger partial charge is 0.388 e. The highest BCUT2D eigenvalue weighted by atomic mass is 31.2. The lowest BCUT2D eigenvalue weighted by Crippen LogP contribution is -2.39. The number of nitrogens with zero attached hydrogens (tertiary/aromatic N) is 1. The molecule has 1 aromatic heterocycles. The first-order valence-electron chi connectivity index (χ1n) is 7.81. The van der Waals surface area contributed by atoms with Crippen molar-refractivity contribution >= 4 is 19.1 Å². The molecule has 1 saturated heterocycles. The van der Waals surface area contributed by atoms with Crippen LogP contribution >= 0.6 is 6.89 Å². The highest BCUT2D eigenvalue weighted by Gasteiger charge is 2.44. The Kier molecular flexibility index (Phi) is 5.73. The molecule has 0 bridgehead atoms. The van der Waals surface area contributed by atoms with Gasteiger partial charge in [0.25, 0.3) is 5.56 Å². The second-order valence-corrected chi connectivity index (χ2v) is 11.3. The molecule has 2 heterocycles. The van der Waals surface area contributed by atoms with Gasteiger partial charge in [0.15, 0.2) is 6.23 Å². The van der Waals surface area contributed by atoms with Crippen molar-refractivity contribution in [3.05, 3.63) is 32.6 Å². The van der Waals surface area contributed by atoms with Crippen LogP contribution in [0.25, 0.3) is 0 Å². The van der Waals surface area contributed by atoms with Crippen molar-refractivity contribution in [2.45, 2.75) is 37.4 Å². The van der Waals surface area contributed by atoms with Crippen molar-refractivity contribution in [3.63, 3.8) is 0 Å². The molecule has 1 aliphatic rings. The monoisotopic (exact) mass is 373 g/mol. The lowest BCUT2D eigenvalue weighted by atomic mass is 10.1. The number of primary amides is 1. The van der Waals surface area contributed by atoms with E-state index in [0.717, 1.165) is 16.9 Å². The molecule has 1 aliphatic heterocycles. The first-order valence-corrected chi connectivity index (χ1v) is 10.9. The zero-order valence-corrected chi connectivity index (χ0v) is 15.1. The summed E-state index contributed by atoms with van der Waals surface area (Å²) < 4.78 is 6.63. The fraction of sp³-hybridized carbons (Fsp3) is 0.600. The molecular formula is C15H24N3O6P. The number of amides is 1. The predicted octanol–water partition coefficient (Wildman–Crippen LogP) is -1.72. The third-order valence-corrected chi connectivity index (χ3v) is 5.51. The average molecular weight is 373 g/mol. The van der Waals surface area contributed by atoms with Gasteiger partial charge in [-0.05, 0) is 25.9 Å². The first kappa shape index (κ1) is 19.7. The summed E-state index contributed by atoms with van der Waals surface area (Å²) in [6, 6.07) is 0. The Balaban J connectivity index is 2.29. The van der Waals surface area contributed by atoms with Crippen molar-refractivity contribution in [1.82, 2.24) is 9.55 Å². The van der Waals surface area contributed by atoms with E-state index in [9.17, 15) is 24.6 Å². The third kappa shape index (κ3) is 4.70. The van der Waals surface area contributed by atoms with Gasteiger partial charge in [0.1, 0.15) is 12.2 Å². The number of nitrogens with two attached hydrogens (primary N) is 1. The van der Waals surface area contributed by atoms with Crippen LogP contribution in [-0.4, -0.2) is 69.8 Å². The lowest BCUT2D eigenvalue weighted by Gasteiger charge is -2.19. The highest BCUT2D eigenvalue weighted by molar-refractivity contribution is 7.72. The van der Waals surface area contributed by atoms with Crippen LogP contribution in [0.4, 0.5) is 0 Å². The molecule has 0 saturated carbocycles. The molecule has 4 atom stereocenters. The standard InChI is InChI=1S/C15H24N3O6P/c1-25(2,3)5-4-9-11(20)12(21)14(24-9)18-7-8(6-10(16)19)13(22)17-15(18)23/h7,9,11-12,14,20-21H,1,4-6H2,2-3H3,(H2,16,19)(H,17,22,23)/t9-,11-,12-,14?/m1/s1. The van der Waals surface area contributed by atoms with Gasteiger partial charge in [-0.15, -0.1) is 13.2 Å². The van der Waals surface area contributed by atoms with Crippen LogP contribution < -0.4 is 17.0 Å². The van der Waals surface area contributed by atoms with Gasteiger partial charge in [-0.3, -0.25) is 19.1 Å². The molecule has 25 heavy (non-hydrogen) atoms. The number of carbonyl (C=O) groups is 1.